The molecule has 5 heteroatoms. The zero-order valence-corrected chi connectivity index (χ0v) is 10.5. The van der Waals surface area contributed by atoms with Gasteiger partial charge in [-0.05, 0) is 25.1 Å². The van der Waals surface area contributed by atoms with E-state index in [1.165, 1.54) is 6.07 Å². The van der Waals surface area contributed by atoms with Crippen molar-refractivity contribution in [1.82, 2.24) is 9.88 Å². The van der Waals surface area contributed by atoms with Gasteiger partial charge >= 0.3 is 0 Å². The van der Waals surface area contributed by atoms with Crippen LogP contribution < -0.4 is 4.90 Å². The van der Waals surface area contributed by atoms with E-state index in [2.05, 4.69) is 9.88 Å². The summed E-state index contributed by atoms with van der Waals surface area (Å²) in [6.07, 6.45) is 2.66. The Morgan fingerprint density at radius 2 is 2.18 bits per heavy atom. The number of rotatable bonds is 3. The molecule has 0 aliphatic carbocycles. The molecule has 1 aliphatic rings. The molecule has 1 aromatic rings. The average molecular weight is 258 g/mol. The lowest BCUT2D eigenvalue weighted by Gasteiger charge is -2.22. The van der Waals surface area contributed by atoms with E-state index in [0.717, 1.165) is 39.1 Å². The van der Waals surface area contributed by atoms with Crippen LogP contribution in [0.15, 0.2) is 18.3 Å². The van der Waals surface area contributed by atoms with Gasteiger partial charge in [-0.2, -0.15) is 0 Å². The Bertz CT molecular complexity index is 361. The van der Waals surface area contributed by atoms with Gasteiger partial charge in [-0.1, -0.05) is 0 Å². The molecule has 1 aliphatic heterocycles. The van der Waals surface area contributed by atoms with Crippen LogP contribution in [0, 0.1) is 5.82 Å². The first-order chi connectivity index (χ1) is 8.31. The van der Waals surface area contributed by atoms with Crippen molar-refractivity contribution < 1.29 is 4.39 Å². The van der Waals surface area contributed by atoms with Gasteiger partial charge in [0.25, 0.3) is 0 Å². The van der Waals surface area contributed by atoms with Crippen molar-refractivity contribution in [2.24, 2.45) is 0 Å². The molecule has 0 amide bonds. The van der Waals surface area contributed by atoms with E-state index >= 15 is 0 Å². The highest BCUT2D eigenvalue weighted by Crippen LogP contribution is 2.17. The second-order valence-electron chi connectivity index (χ2n) is 4.18. The van der Waals surface area contributed by atoms with Gasteiger partial charge in [0, 0.05) is 38.3 Å². The monoisotopic (exact) mass is 257 g/mol. The Labute approximate surface area is 106 Å². The zero-order chi connectivity index (χ0) is 12.1. The maximum absolute atomic E-state index is 13.6. The summed E-state index contributed by atoms with van der Waals surface area (Å²) in [7, 11) is 0. The maximum atomic E-state index is 13.6. The minimum Gasteiger partial charge on any atom is -0.353 e. The molecule has 1 saturated heterocycles. The molecule has 0 saturated carbocycles. The lowest BCUT2D eigenvalue weighted by Crippen LogP contribution is -2.32. The van der Waals surface area contributed by atoms with Crippen LogP contribution >= 0.6 is 11.6 Å². The van der Waals surface area contributed by atoms with Crippen LogP contribution in [0.2, 0.25) is 0 Å². The Morgan fingerprint density at radius 3 is 2.94 bits per heavy atom. The van der Waals surface area contributed by atoms with Crippen LogP contribution in [-0.4, -0.2) is 48.5 Å². The van der Waals surface area contributed by atoms with Crippen LogP contribution in [0.5, 0.6) is 0 Å². The predicted molar refractivity (Wildman–Crippen MR) is 68.2 cm³/mol. The minimum absolute atomic E-state index is 0.238. The molecule has 0 unspecified atom stereocenters. The summed E-state index contributed by atoms with van der Waals surface area (Å²) >= 11 is 5.74. The van der Waals surface area contributed by atoms with Crippen LogP contribution in [0.4, 0.5) is 10.2 Å². The second-order valence-corrected chi connectivity index (χ2v) is 4.56. The fourth-order valence-electron chi connectivity index (χ4n) is 2.14. The fraction of sp³-hybridized carbons (Fsp3) is 0.583. The number of hydrogen-bond donors (Lipinski definition) is 0. The molecular weight excluding hydrogens is 241 g/mol. The molecule has 1 fully saturated rings. The Morgan fingerprint density at radius 1 is 1.29 bits per heavy atom. The van der Waals surface area contributed by atoms with Crippen molar-refractivity contribution in [2.45, 2.75) is 6.42 Å². The normalized spacial score (nSPS) is 18.1. The van der Waals surface area contributed by atoms with E-state index < -0.39 is 0 Å². The zero-order valence-electron chi connectivity index (χ0n) is 9.78. The standard InChI is InChI=1S/C12H17ClFN3/c13-4-8-16-6-2-7-17(10-9-16)12-11(14)3-1-5-15-12/h1,3,5H,2,4,6-10H2. The highest BCUT2D eigenvalue weighted by Gasteiger charge is 2.17. The number of pyridine rings is 1. The topological polar surface area (TPSA) is 19.4 Å². The number of hydrogen-bond acceptors (Lipinski definition) is 3. The van der Waals surface area contributed by atoms with Crippen molar-refractivity contribution in [3.8, 4) is 0 Å². The van der Waals surface area contributed by atoms with Gasteiger partial charge in [0.2, 0.25) is 0 Å². The lowest BCUT2D eigenvalue weighted by atomic mass is 10.3. The molecule has 17 heavy (non-hydrogen) atoms. The fourth-order valence-corrected chi connectivity index (χ4v) is 2.37. The molecule has 3 nitrogen and oxygen atoms in total. The molecule has 2 rings (SSSR count). The molecule has 0 aromatic carbocycles. The van der Waals surface area contributed by atoms with Gasteiger partial charge in [-0.25, -0.2) is 9.37 Å². The van der Waals surface area contributed by atoms with E-state index in [1.807, 2.05) is 4.90 Å². The van der Waals surface area contributed by atoms with Crippen LogP contribution in [0.25, 0.3) is 0 Å². The smallest absolute Gasteiger partial charge is 0.165 e. The first-order valence-corrected chi connectivity index (χ1v) is 6.48. The van der Waals surface area contributed by atoms with Crippen molar-refractivity contribution in [3.63, 3.8) is 0 Å². The minimum atomic E-state index is -0.238. The Kier molecular flexibility index (Phi) is 4.57. The summed E-state index contributed by atoms with van der Waals surface area (Å²) in [4.78, 5) is 8.45. The van der Waals surface area contributed by atoms with Crippen LogP contribution in [-0.2, 0) is 0 Å². The van der Waals surface area contributed by atoms with E-state index in [0.29, 0.717) is 11.7 Å². The number of aromatic nitrogens is 1. The summed E-state index contributed by atoms with van der Waals surface area (Å²) < 4.78 is 13.6. The second kappa shape index (κ2) is 6.17. The van der Waals surface area contributed by atoms with Gasteiger partial charge in [-0.3, -0.25) is 0 Å². The lowest BCUT2D eigenvalue weighted by molar-refractivity contribution is 0.311. The van der Waals surface area contributed by atoms with Crippen molar-refractivity contribution in [1.29, 1.82) is 0 Å². The van der Waals surface area contributed by atoms with E-state index in [9.17, 15) is 4.39 Å². The largest absolute Gasteiger partial charge is 0.353 e. The third kappa shape index (κ3) is 3.30. The van der Waals surface area contributed by atoms with Gasteiger partial charge < -0.3 is 9.80 Å². The number of alkyl halides is 1. The predicted octanol–water partition coefficient (Wildman–Crippen LogP) is 1.97. The van der Waals surface area contributed by atoms with Crippen molar-refractivity contribution >= 4 is 17.4 Å². The Balaban J connectivity index is 2.01. The quantitative estimate of drug-likeness (QED) is 0.772. The number of nitrogens with zero attached hydrogens (tertiary/aromatic N) is 3. The average Bonchev–Trinajstić information content (AvgIpc) is 2.56. The highest BCUT2D eigenvalue weighted by atomic mass is 35.5. The first-order valence-electron chi connectivity index (χ1n) is 5.95. The number of halogens is 2. The summed E-state index contributed by atoms with van der Waals surface area (Å²) in [6.45, 7) is 4.51. The molecular formula is C12H17ClFN3. The molecule has 0 bridgehead atoms. The van der Waals surface area contributed by atoms with Crippen molar-refractivity contribution in [2.75, 3.05) is 43.5 Å². The third-order valence-corrected chi connectivity index (χ3v) is 3.20. The summed E-state index contributed by atoms with van der Waals surface area (Å²) in [5, 5.41) is 0. The highest BCUT2D eigenvalue weighted by molar-refractivity contribution is 6.18. The molecule has 0 radical (unpaired) electrons. The van der Waals surface area contributed by atoms with Crippen LogP contribution in [0.3, 0.4) is 0 Å². The van der Waals surface area contributed by atoms with E-state index in [1.54, 1.807) is 12.3 Å². The summed E-state index contributed by atoms with van der Waals surface area (Å²) in [5.41, 5.74) is 0. The van der Waals surface area contributed by atoms with E-state index in [4.69, 9.17) is 11.6 Å². The van der Waals surface area contributed by atoms with Gasteiger partial charge in [0.1, 0.15) is 0 Å². The Hall–Kier alpha value is -0.870. The van der Waals surface area contributed by atoms with Crippen molar-refractivity contribution in [3.05, 3.63) is 24.1 Å². The third-order valence-electron chi connectivity index (χ3n) is 3.03. The van der Waals surface area contributed by atoms with Crippen LogP contribution in [0.1, 0.15) is 6.42 Å². The molecule has 1 aromatic heterocycles. The van der Waals surface area contributed by atoms with Gasteiger partial charge in [0.15, 0.2) is 11.6 Å². The van der Waals surface area contributed by atoms with Gasteiger partial charge in [0.05, 0.1) is 0 Å². The SMILES string of the molecule is Fc1cccnc1N1CCCN(CCCl)CC1. The molecule has 2 heterocycles. The van der Waals surface area contributed by atoms with E-state index in [-0.39, 0.29) is 5.82 Å². The first kappa shape index (κ1) is 12.6. The maximum Gasteiger partial charge on any atom is 0.165 e. The molecule has 0 N–H and O–H groups in total. The molecule has 0 atom stereocenters. The number of anilines is 1. The summed E-state index contributed by atoms with van der Waals surface area (Å²) in [5.74, 6) is 0.885. The van der Waals surface area contributed by atoms with Gasteiger partial charge in [-0.15, -0.1) is 11.6 Å². The summed E-state index contributed by atoms with van der Waals surface area (Å²) in [6, 6.07) is 3.08. The molecule has 94 valence electrons. The molecule has 0 spiro atoms.